The lowest BCUT2D eigenvalue weighted by atomic mass is 10.2. The van der Waals surface area contributed by atoms with Crippen molar-refractivity contribution in [1.29, 1.82) is 0 Å². The number of carbonyl (C=O) groups is 1. The number of methoxy groups -OCH3 is 1. The third-order valence-electron chi connectivity index (χ3n) is 2.50. The molecule has 0 rings (SSSR count). The van der Waals surface area contributed by atoms with Gasteiger partial charge in [0, 0.05) is 20.2 Å². The molecule has 5 nitrogen and oxygen atoms in total. The summed E-state index contributed by atoms with van der Waals surface area (Å²) in [5.74, 6) is -0.212. The maximum absolute atomic E-state index is 12.0. The molecule has 0 saturated carbocycles. The normalized spacial score (nSPS) is 13.6. The van der Waals surface area contributed by atoms with E-state index in [2.05, 4.69) is 5.32 Å². The molecule has 0 spiro atoms. The highest BCUT2D eigenvalue weighted by Gasteiger charge is 2.28. The standard InChI is InChI=1S/C11H22F3N3O2/c1-17(8-11(12,13)14)5-3-4-16-10(18)6-9(7-15)19-2/h9H,3-8,15H2,1-2H3,(H,16,18). The van der Waals surface area contributed by atoms with Crippen molar-refractivity contribution >= 4 is 5.91 Å². The first-order valence-electron chi connectivity index (χ1n) is 6.03. The topological polar surface area (TPSA) is 67.6 Å². The summed E-state index contributed by atoms with van der Waals surface area (Å²) in [4.78, 5) is 12.6. The lowest BCUT2D eigenvalue weighted by Crippen LogP contribution is -2.35. The summed E-state index contributed by atoms with van der Waals surface area (Å²) < 4.78 is 41.0. The van der Waals surface area contributed by atoms with Gasteiger partial charge in [0.25, 0.3) is 0 Å². The van der Waals surface area contributed by atoms with Gasteiger partial charge in [0.15, 0.2) is 0 Å². The van der Waals surface area contributed by atoms with Gasteiger partial charge in [0.2, 0.25) is 5.91 Å². The van der Waals surface area contributed by atoms with E-state index in [4.69, 9.17) is 10.5 Å². The average molecular weight is 285 g/mol. The monoisotopic (exact) mass is 285 g/mol. The Kier molecular flexibility index (Phi) is 8.70. The Labute approximate surface area is 111 Å². The molecular weight excluding hydrogens is 263 g/mol. The smallest absolute Gasteiger partial charge is 0.380 e. The highest BCUT2D eigenvalue weighted by molar-refractivity contribution is 5.76. The molecule has 8 heteroatoms. The van der Waals surface area contributed by atoms with Crippen LogP contribution in [0.3, 0.4) is 0 Å². The molecule has 3 N–H and O–H groups in total. The summed E-state index contributed by atoms with van der Waals surface area (Å²) >= 11 is 0. The second-order valence-electron chi connectivity index (χ2n) is 4.35. The average Bonchev–Trinajstić information content (AvgIpc) is 2.29. The molecule has 1 amide bonds. The molecular formula is C11H22F3N3O2. The molecule has 0 fully saturated rings. The fraction of sp³-hybridized carbons (Fsp3) is 0.909. The zero-order valence-electron chi connectivity index (χ0n) is 11.3. The third kappa shape index (κ3) is 10.7. The van der Waals surface area contributed by atoms with E-state index in [1.54, 1.807) is 0 Å². The molecule has 19 heavy (non-hydrogen) atoms. The van der Waals surface area contributed by atoms with E-state index in [0.29, 0.717) is 13.0 Å². The molecule has 0 radical (unpaired) electrons. The van der Waals surface area contributed by atoms with Gasteiger partial charge in [-0.05, 0) is 20.0 Å². The van der Waals surface area contributed by atoms with Crippen molar-refractivity contribution in [3.8, 4) is 0 Å². The molecule has 0 saturated heterocycles. The van der Waals surface area contributed by atoms with Crippen LogP contribution in [-0.4, -0.2) is 63.4 Å². The first-order valence-corrected chi connectivity index (χ1v) is 6.03. The van der Waals surface area contributed by atoms with Crippen LogP contribution < -0.4 is 11.1 Å². The fourth-order valence-corrected chi connectivity index (χ4v) is 1.50. The van der Waals surface area contributed by atoms with Crippen molar-refractivity contribution in [3.05, 3.63) is 0 Å². The van der Waals surface area contributed by atoms with Gasteiger partial charge in [-0.15, -0.1) is 0 Å². The summed E-state index contributed by atoms with van der Waals surface area (Å²) in [6.07, 6.45) is -3.90. The van der Waals surface area contributed by atoms with Gasteiger partial charge < -0.3 is 15.8 Å². The molecule has 0 aromatic heterocycles. The lowest BCUT2D eigenvalue weighted by molar-refractivity contribution is -0.143. The van der Waals surface area contributed by atoms with Crippen LogP contribution >= 0.6 is 0 Å². The summed E-state index contributed by atoms with van der Waals surface area (Å²) in [5.41, 5.74) is 5.37. The summed E-state index contributed by atoms with van der Waals surface area (Å²) in [6.45, 7) is -0.0927. The van der Waals surface area contributed by atoms with Crippen molar-refractivity contribution < 1.29 is 22.7 Å². The number of carbonyl (C=O) groups excluding carboxylic acids is 1. The Morgan fingerprint density at radius 2 is 2.11 bits per heavy atom. The van der Waals surface area contributed by atoms with Gasteiger partial charge in [-0.3, -0.25) is 9.69 Å². The SMILES string of the molecule is COC(CN)CC(=O)NCCCN(C)CC(F)(F)F. The molecule has 1 unspecified atom stereocenters. The Bertz CT molecular complexity index is 258. The predicted octanol–water partition coefficient (Wildman–Crippen LogP) is 0.351. The summed E-state index contributed by atoms with van der Waals surface area (Å²) in [6, 6.07) is 0. The number of nitrogens with one attached hydrogen (secondary N) is 1. The number of rotatable bonds is 9. The van der Waals surface area contributed by atoms with Gasteiger partial charge in [-0.25, -0.2) is 0 Å². The van der Waals surface area contributed by atoms with Crippen molar-refractivity contribution in [2.24, 2.45) is 5.73 Å². The van der Waals surface area contributed by atoms with Crippen molar-refractivity contribution in [1.82, 2.24) is 10.2 Å². The first-order chi connectivity index (χ1) is 8.78. The Balaban J connectivity index is 3.66. The summed E-state index contributed by atoms with van der Waals surface area (Å²) in [7, 11) is 2.86. The number of hydrogen-bond acceptors (Lipinski definition) is 4. The molecule has 0 aromatic carbocycles. The molecule has 0 bridgehead atoms. The van der Waals surface area contributed by atoms with Crippen molar-refractivity contribution in [2.45, 2.75) is 25.1 Å². The highest BCUT2D eigenvalue weighted by Crippen LogP contribution is 2.15. The van der Waals surface area contributed by atoms with Crippen LogP contribution in [0, 0.1) is 0 Å². The van der Waals surface area contributed by atoms with Crippen molar-refractivity contribution in [2.75, 3.05) is 40.3 Å². The molecule has 1 atom stereocenters. The minimum atomic E-state index is -4.19. The third-order valence-corrected chi connectivity index (χ3v) is 2.50. The van der Waals surface area contributed by atoms with E-state index in [1.807, 2.05) is 0 Å². The predicted molar refractivity (Wildman–Crippen MR) is 65.6 cm³/mol. The maximum atomic E-state index is 12.0. The van der Waals surface area contributed by atoms with Crippen molar-refractivity contribution in [3.63, 3.8) is 0 Å². The maximum Gasteiger partial charge on any atom is 0.401 e. The van der Waals surface area contributed by atoms with E-state index in [-0.39, 0.29) is 31.5 Å². The molecule has 0 aliphatic carbocycles. The number of nitrogens with two attached hydrogens (primary N) is 1. The molecule has 114 valence electrons. The minimum absolute atomic E-state index is 0.158. The fourth-order valence-electron chi connectivity index (χ4n) is 1.50. The van der Waals surface area contributed by atoms with E-state index < -0.39 is 12.7 Å². The molecule has 0 aliphatic heterocycles. The number of hydrogen-bond donors (Lipinski definition) is 2. The van der Waals surface area contributed by atoms with E-state index in [9.17, 15) is 18.0 Å². The van der Waals surface area contributed by atoms with Crippen LogP contribution in [0.4, 0.5) is 13.2 Å². The van der Waals surface area contributed by atoms with Crippen LogP contribution in [0.25, 0.3) is 0 Å². The van der Waals surface area contributed by atoms with Crippen LogP contribution in [0.15, 0.2) is 0 Å². The number of amides is 1. The second-order valence-corrected chi connectivity index (χ2v) is 4.35. The zero-order valence-corrected chi connectivity index (χ0v) is 11.3. The quantitative estimate of drug-likeness (QED) is 0.600. The zero-order chi connectivity index (χ0) is 14.9. The highest BCUT2D eigenvalue weighted by atomic mass is 19.4. The lowest BCUT2D eigenvalue weighted by Gasteiger charge is -2.18. The second kappa shape index (κ2) is 9.11. The van der Waals surface area contributed by atoms with Gasteiger partial charge in [-0.2, -0.15) is 13.2 Å². The summed E-state index contributed by atoms with van der Waals surface area (Å²) in [5, 5.41) is 2.62. The molecule has 0 aliphatic rings. The van der Waals surface area contributed by atoms with E-state index >= 15 is 0 Å². The van der Waals surface area contributed by atoms with Crippen LogP contribution in [0.1, 0.15) is 12.8 Å². The van der Waals surface area contributed by atoms with Crippen LogP contribution in [-0.2, 0) is 9.53 Å². The van der Waals surface area contributed by atoms with Gasteiger partial charge >= 0.3 is 6.18 Å². The number of ether oxygens (including phenoxy) is 1. The van der Waals surface area contributed by atoms with Gasteiger partial charge in [-0.1, -0.05) is 0 Å². The minimum Gasteiger partial charge on any atom is -0.380 e. The van der Waals surface area contributed by atoms with Gasteiger partial charge in [0.1, 0.15) is 0 Å². The largest absolute Gasteiger partial charge is 0.401 e. The Morgan fingerprint density at radius 3 is 2.58 bits per heavy atom. The number of halogens is 3. The number of nitrogens with zero attached hydrogens (tertiary/aromatic N) is 1. The Hall–Kier alpha value is -0.860. The molecule has 0 heterocycles. The molecule has 0 aromatic rings. The first kappa shape index (κ1) is 18.1. The van der Waals surface area contributed by atoms with Crippen LogP contribution in [0.2, 0.25) is 0 Å². The van der Waals surface area contributed by atoms with Crippen LogP contribution in [0.5, 0.6) is 0 Å². The van der Waals surface area contributed by atoms with Gasteiger partial charge in [0.05, 0.1) is 19.1 Å². The Morgan fingerprint density at radius 1 is 1.47 bits per heavy atom. The number of alkyl halides is 3. The van der Waals surface area contributed by atoms with E-state index in [0.717, 1.165) is 0 Å². The van der Waals surface area contributed by atoms with E-state index in [1.165, 1.54) is 19.1 Å².